The molecule has 0 aliphatic rings. The van der Waals surface area contributed by atoms with E-state index in [-0.39, 0.29) is 15.6 Å². The lowest BCUT2D eigenvalue weighted by molar-refractivity contribution is -0.137. The Morgan fingerprint density at radius 1 is 0.952 bits per heavy atom. The van der Waals surface area contributed by atoms with Gasteiger partial charge in [0.2, 0.25) is 0 Å². The standard InChI is InChI=1S/C14H8Cl2F4O/c15-10-3-1-7(5-11(10)16)13(21)9-6-8(14(18,19)20)2-4-12(9)17/h1-6,13,21H. The van der Waals surface area contributed by atoms with Crippen LogP contribution in [0.3, 0.4) is 0 Å². The molecular weight excluding hydrogens is 331 g/mol. The van der Waals surface area contributed by atoms with Crippen LogP contribution in [0.1, 0.15) is 22.8 Å². The molecule has 1 N–H and O–H groups in total. The van der Waals surface area contributed by atoms with Crippen molar-refractivity contribution in [1.82, 2.24) is 0 Å². The maximum Gasteiger partial charge on any atom is 0.416 e. The molecule has 0 saturated carbocycles. The van der Waals surface area contributed by atoms with Crippen LogP contribution in [0.15, 0.2) is 36.4 Å². The fourth-order valence-corrected chi connectivity index (χ4v) is 2.10. The van der Waals surface area contributed by atoms with E-state index in [0.29, 0.717) is 18.2 Å². The topological polar surface area (TPSA) is 20.2 Å². The van der Waals surface area contributed by atoms with Crippen molar-refractivity contribution < 1.29 is 22.7 Å². The lowest BCUT2D eigenvalue weighted by Gasteiger charge is -2.15. The first-order valence-electron chi connectivity index (χ1n) is 5.70. The molecule has 21 heavy (non-hydrogen) atoms. The van der Waals surface area contributed by atoms with Crippen LogP contribution in [0.5, 0.6) is 0 Å². The molecule has 0 radical (unpaired) electrons. The Hall–Kier alpha value is -1.30. The van der Waals surface area contributed by atoms with E-state index in [1.807, 2.05) is 0 Å². The maximum absolute atomic E-state index is 13.7. The molecule has 2 aromatic rings. The van der Waals surface area contributed by atoms with E-state index in [2.05, 4.69) is 0 Å². The summed E-state index contributed by atoms with van der Waals surface area (Å²) in [5, 5.41) is 10.4. The summed E-state index contributed by atoms with van der Waals surface area (Å²) in [5.41, 5.74) is -1.39. The summed E-state index contributed by atoms with van der Waals surface area (Å²) >= 11 is 11.5. The number of alkyl halides is 3. The Bertz CT molecular complexity index is 671. The van der Waals surface area contributed by atoms with Crippen molar-refractivity contribution >= 4 is 23.2 Å². The van der Waals surface area contributed by atoms with Gasteiger partial charge in [-0.05, 0) is 35.9 Å². The second-order valence-electron chi connectivity index (χ2n) is 4.31. The summed E-state index contributed by atoms with van der Waals surface area (Å²) in [6, 6.07) is 5.85. The van der Waals surface area contributed by atoms with Gasteiger partial charge in [0.15, 0.2) is 0 Å². The third-order valence-corrected chi connectivity index (χ3v) is 3.62. The number of benzene rings is 2. The van der Waals surface area contributed by atoms with Gasteiger partial charge in [0.05, 0.1) is 15.6 Å². The minimum absolute atomic E-state index is 0.112. The summed E-state index contributed by atoms with van der Waals surface area (Å²) in [6.07, 6.45) is -6.21. The van der Waals surface area contributed by atoms with Crippen molar-refractivity contribution in [2.45, 2.75) is 12.3 Å². The predicted octanol–water partition coefficient (Wildman–Crippen LogP) is 5.23. The van der Waals surface area contributed by atoms with Gasteiger partial charge in [0, 0.05) is 5.56 Å². The van der Waals surface area contributed by atoms with Gasteiger partial charge in [0.25, 0.3) is 0 Å². The van der Waals surface area contributed by atoms with Crippen molar-refractivity contribution in [1.29, 1.82) is 0 Å². The Kier molecular flexibility index (Phi) is 4.46. The molecule has 112 valence electrons. The quantitative estimate of drug-likeness (QED) is 0.743. The SMILES string of the molecule is OC(c1ccc(Cl)c(Cl)c1)c1cc(C(F)(F)F)ccc1F. The smallest absolute Gasteiger partial charge is 0.384 e. The van der Waals surface area contributed by atoms with Crippen molar-refractivity contribution in [2.24, 2.45) is 0 Å². The van der Waals surface area contributed by atoms with E-state index >= 15 is 0 Å². The fourth-order valence-electron chi connectivity index (χ4n) is 1.79. The number of rotatable bonds is 2. The monoisotopic (exact) mass is 338 g/mol. The van der Waals surface area contributed by atoms with E-state index < -0.39 is 29.2 Å². The van der Waals surface area contributed by atoms with Crippen LogP contribution in [0, 0.1) is 5.82 Å². The van der Waals surface area contributed by atoms with Gasteiger partial charge in [-0.25, -0.2) is 4.39 Å². The largest absolute Gasteiger partial charge is 0.416 e. The number of aliphatic hydroxyl groups excluding tert-OH is 1. The zero-order valence-corrected chi connectivity index (χ0v) is 11.8. The van der Waals surface area contributed by atoms with E-state index in [4.69, 9.17) is 23.2 Å². The van der Waals surface area contributed by atoms with Gasteiger partial charge in [-0.2, -0.15) is 13.2 Å². The normalized spacial score (nSPS) is 13.3. The molecular formula is C14H8Cl2F4O. The highest BCUT2D eigenvalue weighted by Gasteiger charge is 2.32. The van der Waals surface area contributed by atoms with E-state index in [1.165, 1.54) is 18.2 Å². The average Bonchev–Trinajstić information content (AvgIpc) is 2.40. The van der Waals surface area contributed by atoms with Gasteiger partial charge >= 0.3 is 6.18 Å². The predicted molar refractivity (Wildman–Crippen MR) is 71.9 cm³/mol. The van der Waals surface area contributed by atoms with Crippen molar-refractivity contribution in [3.63, 3.8) is 0 Å². The Morgan fingerprint density at radius 3 is 2.19 bits per heavy atom. The van der Waals surface area contributed by atoms with Gasteiger partial charge < -0.3 is 5.11 Å². The molecule has 2 aromatic carbocycles. The Balaban J connectivity index is 2.47. The van der Waals surface area contributed by atoms with Crippen LogP contribution in [0.25, 0.3) is 0 Å². The molecule has 0 aliphatic heterocycles. The summed E-state index contributed by atoms with van der Waals surface area (Å²) in [7, 11) is 0. The third-order valence-electron chi connectivity index (χ3n) is 2.88. The fraction of sp³-hybridized carbons (Fsp3) is 0.143. The molecule has 2 rings (SSSR count). The highest BCUT2D eigenvalue weighted by molar-refractivity contribution is 6.42. The molecule has 0 saturated heterocycles. The van der Waals surface area contributed by atoms with Crippen molar-refractivity contribution in [3.05, 3.63) is 69.0 Å². The molecule has 0 aliphatic carbocycles. The highest BCUT2D eigenvalue weighted by atomic mass is 35.5. The summed E-state index contributed by atoms with van der Waals surface area (Å²) < 4.78 is 51.6. The van der Waals surface area contributed by atoms with Crippen LogP contribution >= 0.6 is 23.2 Å². The first kappa shape index (κ1) is 16.1. The number of hydrogen-bond acceptors (Lipinski definition) is 1. The first-order valence-corrected chi connectivity index (χ1v) is 6.45. The Morgan fingerprint density at radius 2 is 1.62 bits per heavy atom. The molecule has 0 spiro atoms. The number of halogens is 6. The second kappa shape index (κ2) is 5.83. The summed E-state index contributed by atoms with van der Waals surface area (Å²) in [6.45, 7) is 0. The van der Waals surface area contributed by atoms with Gasteiger partial charge in [0.1, 0.15) is 11.9 Å². The Labute approximate surface area is 127 Å². The summed E-state index contributed by atoms with van der Waals surface area (Å²) in [4.78, 5) is 0. The molecule has 0 fully saturated rings. The highest BCUT2D eigenvalue weighted by Crippen LogP contribution is 2.34. The van der Waals surface area contributed by atoms with Gasteiger partial charge in [-0.3, -0.25) is 0 Å². The van der Waals surface area contributed by atoms with Crippen molar-refractivity contribution in [2.75, 3.05) is 0 Å². The lowest BCUT2D eigenvalue weighted by Crippen LogP contribution is -2.09. The molecule has 7 heteroatoms. The van der Waals surface area contributed by atoms with Gasteiger partial charge in [-0.15, -0.1) is 0 Å². The summed E-state index contributed by atoms with van der Waals surface area (Å²) in [5.74, 6) is -0.943. The van der Waals surface area contributed by atoms with E-state index in [1.54, 1.807) is 0 Å². The molecule has 0 bridgehead atoms. The van der Waals surface area contributed by atoms with E-state index in [9.17, 15) is 22.7 Å². The third kappa shape index (κ3) is 3.48. The molecule has 1 unspecified atom stereocenters. The number of aliphatic hydroxyl groups is 1. The first-order chi connectivity index (χ1) is 9.70. The minimum Gasteiger partial charge on any atom is -0.384 e. The molecule has 0 heterocycles. The van der Waals surface area contributed by atoms with Crippen LogP contribution in [0.4, 0.5) is 17.6 Å². The van der Waals surface area contributed by atoms with Crippen LogP contribution < -0.4 is 0 Å². The average molecular weight is 339 g/mol. The second-order valence-corrected chi connectivity index (χ2v) is 5.12. The van der Waals surface area contributed by atoms with Crippen molar-refractivity contribution in [3.8, 4) is 0 Å². The minimum atomic E-state index is -4.63. The maximum atomic E-state index is 13.7. The van der Waals surface area contributed by atoms with Gasteiger partial charge in [-0.1, -0.05) is 29.3 Å². The van der Waals surface area contributed by atoms with Crippen LogP contribution in [-0.2, 0) is 6.18 Å². The van der Waals surface area contributed by atoms with E-state index in [0.717, 1.165) is 0 Å². The molecule has 1 atom stereocenters. The van der Waals surface area contributed by atoms with Crippen LogP contribution in [0.2, 0.25) is 10.0 Å². The molecule has 0 aromatic heterocycles. The zero-order valence-electron chi connectivity index (χ0n) is 10.3. The molecule has 1 nitrogen and oxygen atoms in total. The number of hydrogen-bond donors (Lipinski definition) is 1. The lowest BCUT2D eigenvalue weighted by atomic mass is 9.99. The van der Waals surface area contributed by atoms with Crippen LogP contribution in [-0.4, -0.2) is 5.11 Å². The zero-order chi connectivity index (χ0) is 15.8. The molecule has 0 amide bonds.